The summed E-state index contributed by atoms with van der Waals surface area (Å²) >= 11 is 0. The molecule has 0 fully saturated rings. The van der Waals surface area contributed by atoms with Crippen LogP contribution in [0.2, 0.25) is 0 Å². The molecule has 5 rings (SSSR count). The van der Waals surface area contributed by atoms with Crippen LogP contribution >= 0.6 is 0 Å². The molecule has 1 aliphatic rings. The van der Waals surface area contributed by atoms with Gasteiger partial charge in [0.15, 0.2) is 0 Å². The molecule has 0 saturated carbocycles. The maximum atomic E-state index is 14.2. The summed E-state index contributed by atoms with van der Waals surface area (Å²) in [5, 5.41) is 4.79. The van der Waals surface area contributed by atoms with Gasteiger partial charge >= 0.3 is 0 Å². The molecular formula is C24H20F2N4O. The Hall–Kier alpha value is -3.74. The lowest BCUT2D eigenvalue weighted by Gasteiger charge is -2.18. The number of hydrogen-bond donors (Lipinski definition) is 0. The molecule has 5 nitrogen and oxygen atoms in total. The van der Waals surface area contributed by atoms with Crippen LogP contribution in [0.3, 0.4) is 0 Å². The molecule has 0 saturated heterocycles. The highest BCUT2D eigenvalue weighted by molar-refractivity contribution is 5.95. The Morgan fingerprint density at radius 3 is 2.35 bits per heavy atom. The molecule has 0 bridgehead atoms. The van der Waals surface area contributed by atoms with Gasteiger partial charge in [0.1, 0.15) is 23.0 Å². The molecule has 0 unspecified atom stereocenters. The first kappa shape index (κ1) is 19.2. The molecule has 4 aromatic rings. The Bertz CT molecular complexity index is 1290. The van der Waals surface area contributed by atoms with Crippen molar-refractivity contribution in [1.82, 2.24) is 19.2 Å². The number of fused-ring (bicyclic) bond motifs is 1. The first-order valence-corrected chi connectivity index (χ1v) is 9.99. The summed E-state index contributed by atoms with van der Waals surface area (Å²) in [6.45, 7) is 4.48. The highest BCUT2D eigenvalue weighted by Crippen LogP contribution is 2.32. The molecule has 1 aliphatic heterocycles. The summed E-state index contributed by atoms with van der Waals surface area (Å²) in [6.07, 6.45) is 3.83. The highest BCUT2D eigenvalue weighted by atomic mass is 19.1. The molecule has 7 heteroatoms. The van der Waals surface area contributed by atoms with Crippen LogP contribution in [-0.2, 0) is 13.1 Å². The summed E-state index contributed by atoms with van der Waals surface area (Å²) in [4.78, 5) is 14.3. The normalized spacial score (nSPS) is 13.0. The van der Waals surface area contributed by atoms with Gasteiger partial charge in [-0.25, -0.2) is 13.5 Å². The van der Waals surface area contributed by atoms with Crippen LogP contribution in [0.5, 0.6) is 0 Å². The van der Waals surface area contributed by atoms with Crippen LogP contribution in [0.25, 0.3) is 11.5 Å². The molecule has 0 aliphatic carbocycles. The SMILES string of the molecule is Cc1ccc(-n2nc3c(c2-n2cccc2)CN(C(=O)c2c(F)cccc2F)C3)c(C)c1. The number of amides is 1. The van der Waals surface area contributed by atoms with Crippen molar-refractivity contribution >= 4 is 5.91 Å². The van der Waals surface area contributed by atoms with Crippen molar-refractivity contribution in [3.8, 4) is 11.5 Å². The van der Waals surface area contributed by atoms with Crippen molar-refractivity contribution in [2.24, 2.45) is 0 Å². The third kappa shape index (κ3) is 3.13. The van der Waals surface area contributed by atoms with Crippen LogP contribution in [0.15, 0.2) is 60.9 Å². The smallest absolute Gasteiger partial charge is 0.260 e. The molecule has 0 N–H and O–H groups in total. The van der Waals surface area contributed by atoms with Crippen molar-refractivity contribution in [2.45, 2.75) is 26.9 Å². The van der Waals surface area contributed by atoms with Crippen molar-refractivity contribution in [2.75, 3.05) is 0 Å². The van der Waals surface area contributed by atoms with Crippen LogP contribution in [0, 0.1) is 25.5 Å². The summed E-state index contributed by atoms with van der Waals surface area (Å²) in [5.41, 5.74) is 4.23. The van der Waals surface area contributed by atoms with E-state index in [1.165, 1.54) is 11.0 Å². The van der Waals surface area contributed by atoms with Gasteiger partial charge in [-0.2, -0.15) is 5.10 Å². The number of carbonyl (C=O) groups is 1. The van der Waals surface area contributed by atoms with E-state index in [4.69, 9.17) is 5.10 Å². The molecular weight excluding hydrogens is 398 g/mol. The highest BCUT2D eigenvalue weighted by Gasteiger charge is 2.34. The monoisotopic (exact) mass is 418 g/mol. The first-order chi connectivity index (χ1) is 14.9. The van der Waals surface area contributed by atoms with Gasteiger partial charge in [-0.1, -0.05) is 23.8 Å². The number of carbonyl (C=O) groups excluding carboxylic acids is 1. The molecule has 156 valence electrons. The van der Waals surface area contributed by atoms with Crippen LogP contribution < -0.4 is 0 Å². The molecule has 2 aromatic heterocycles. The van der Waals surface area contributed by atoms with E-state index < -0.39 is 23.1 Å². The fourth-order valence-electron chi connectivity index (χ4n) is 4.16. The first-order valence-electron chi connectivity index (χ1n) is 9.99. The Kier molecular flexibility index (Phi) is 4.46. The lowest BCUT2D eigenvalue weighted by Crippen LogP contribution is -2.28. The lowest BCUT2D eigenvalue weighted by molar-refractivity contribution is 0.0739. The quantitative estimate of drug-likeness (QED) is 0.484. The average Bonchev–Trinajstić information content (AvgIpc) is 3.43. The molecule has 1 amide bonds. The minimum absolute atomic E-state index is 0.189. The van der Waals surface area contributed by atoms with Gasteiger partial charge < -0.3 is 9.47 Å². The standard InChI is InChI=1S/C24H20F2N4O/c1-15-8-9-21(16(2)12-15)30-23(28-10-3-4-11-28)17-13-29(14-20(17)27-30)24(31)22-18(25)6-5-7-19(22)26/h3-12H,13-14H2,1-2H3. The fourth-order valence-corrected chi connectivity index (χ4v) is 4.16. The molecule has 2 aromatic carbocycles. The third-order valence-corrected chi connectivity index (χ3v) is 5.62. The predicted octanol–water partition coefficient (Wildman–Crippen LogP) is 4.71. The zero-order valence-corrected chi connectivity index (χ0v) is 17.1. The molecule has 0 spiro atoms. The number of halogens is 2. The van der Waals surface area contributed by atoms with E-state index in [-0.39, 0.29) is 13.1 Å². The van der Waals surface area contributed by atoms with Gasteiger partial charge in [0.05, 0.1) is 24.5 Å². The molecule has 3 heterocycles. The zero-order valence-electron chi connectivity index (χ0n) is 17.1. The lowest BCUT2D eigenvalue weighted by atomic mass is 10.1. The Morgan fingerprint density at radius 2 is 1.68 bits per heavy atom. The topological polar surface area (TPSA) is 43.1 Å². The fraction of sp³-hybridized carbons (Fsp3) is 0.167. The number of rotatable bonds is 3. The van der Waals surface area contributed by atoms with E-state index in [1.54, 1.807) is 0 Å². The van der Waals surface area contributed by atoms with Crippen LogP contribution in [0.4, 0.5) is 8.78 Å². The average molecular weight is 418 g/mol. The minimum atomic E-state index is -0.861. The van der Waals surface area contributed by atoms with Crippen molar-refractivity contribution in [3.63, 3.8) is 0 Å². The molecule has 31 heavy (non-hydrogen) atoms. The number of hydrogen-bond acceptors (Lipinski definition) is 2. The van der Waals surface area contributed by atoms with Gasteiger partial charge in [-0.05, 0) is 49.7 Å². The third-order valence-electron chi connectivity index (χ3n) is 5.62. The number of aromatic nitrogens is 3. The van der Waals surface area contributed by atoms with Gasteiger partial charge in [-0.15, -0.1) is 0 Å². The van der Waals surface area contributed by atoms with Gasteiger partial charge in [-0.3, -0.25) is 4.79 Å². The van der Waals surface area contributed by atoms with E-state index in [0.717, 1.165) is 40.3 Å². The van der Waals surface area contributed by atoms with Crippen LogP contribution in [-0.4, -0.2) is 25.2 Å². The van der Waals surface area contributed by atoms with Gasteiger partial charge in [0.2, 0.25) is 0 Å². The Morgan fingerprint density at radius 1 is 0.968 bits per heavy atom. The minimum Gasteiger partial charge on any atom is -0.328 e. The predicted molar refractivity (Wildman–Crippen MR) is 112 cm³/mol. The van der Waals surface area contributed by atoms with Crippen molar-refractivity contribution < 1.29 is 13.6 Å². The Labute approximate surface area is 178 Å². The van der Waals surface area contributed by atoms with E-state index in [0.29, 0.717) is 5.69 Å². The molecule has 0 radical (unpaired) electrons. The van der Waals surface area contributed by atoms with E-state index in [9.17, 15) is 13.6 Å². The van der Waals surface area contributed by atoms with E-state index in [1.807, 2.05) is 59.8 Å². The maximum absolute atomic E-state index is 14.2. The van der Waals surface area contributed by atoms with Gasteiger partial charge in [0.25, 0.3) is 5.91 Å². The second-order valence-corrected chi connectivity index (χ2v) is 7.80. The van der Waals surface area contributed by atoms with Crippen molar-refractivity contribution in [1.29, 1.82) is 0 Å². The summed E-state index contributed by atoms with van der Waals surface area (Å²) in [5.74, 6) is -1.58. The van der Waals surface area contributed by atoms with E-state index >= 15 is 0 Å². The zero-order chi connectivity index (χ0) is 21.7. The van der Waals surface area contributed by atoms with Gasteiger partial charge in [0, 0.05) is 18.0 Å². The second-order valence-electron chi connectivity index (χ2n) is 7.80. The summed E-state index contributed by atoms with van der Waals surface area (Å²) in [7, 11) is 0. The van der Waals surface area contributed by atoms with Crippen LogP contribution in [0.1, 0.15) is 32.7 Å². The number of benzene rings is 2. The number of aryl methyl sites for hydroxylation is 2. The molecule has 0 atom stereocenters. The second kappa shape index (κ2) is 7.19. The maximum Gasteiger partial charge on any atom is 0.260 e. The van der Waals surface area contributed by atoms with E-state index in [2.05, 4.69) is 6.07 Å². The van der Waals surface area contributed by atoms with Crippen molar-refractivity contribution in [3.05, 3.63) is 101 Å². The Balaban J connectivity index is 1.58. The summed E-state index contributed by atoms with van der Waals surface area (Å²) in [6, 6.07) is 13.4. The number of nitrogens with zero attached hydrogens (tertiary/aromatic N) is 4. The summed E-state index contributed by atoms with van der Waals surface area (Å²) < 4.78 is 32.2. The largest absolute Gasteiger partial charge is 0.328 e.